The fraction of sp³-hybridized carbons (Fsp3) is 0.333. The van der Waals surface area contributed by atoms with Gasteiger partial charge in [-0.25, -0.2) is 8.78 Å². The minimum atomic E-state index is -0.868. The van der Waals surface area contributed by atoms with E-state index < -0.39 is 11.6 Å². The van der Waals surface area contributed by atoms with Crippen molar-refractivity contribution in [1.82, 2.24) is 0 Å². The lowest BCUT2D eigenvalue weighted by atomic mass is 10.1. The van der Waals surface area contributed by atoms with E-state index in [2.05, 4.69) is 18.8 Å². The second-order valence-electron chi connectivity index (χ2n) is 5.63. The molecule has 0 aliphatic heterocycles. The minimum absolute atomic E-state index is 0.0793. The van der Waals surface area contributed by atoms with Crippen molar-refractivity contribution in [2.24, 2.45) is 0 Å². The Labute approximate surface area is 142 Å². The lowest BCUT2D eigenvalue weighted by Gasteiger charge is -2.04. The van der Waals surface area contributed by atoms with Gasteiger partial charge in [0.2, 0.25) is 0 Å². The zero-order valence-corrected chi connectivity index (χ0v) is 14.2. The molecule has 0 spiro atoms. The van der Waals surface area contributed by atoms with Crippen LogP contribution in [0.2, 0.25) is 0 Å². The van der Waals surface area contributed by atoms with Crippen molar-refractivity contribution in [1.29, 1.82) is 0 Å². The summed E-state index contributed by atoms with van der Waals surface area (Å²) in [6.45, 7) is 4.73. The normalized spacial score (nSPS) is 10.2. The zero-order chi connectivity index (χ0) is 17.4. The second kappa shape index (κ2) is 9.08. The van der Waals surface area contributed by atoms with Gasteiger partial charge in [-0.1, -0.05) is 44.6 Å². The van der Waals surface area contributed by atoms with Crippen molar-refractivity contribution in [2.45, 2.75) is 39.5 Å². The van der Waals surface area contributed by atoms with Crippen LogP contribution in [0.1, 0.15) is 49.8 Å². The number of hydrogen-bond acceptors (Lipinski definition) is 1. The predicted octanol–water partition coefficient (Wildman–Crippen LogP) is 5.50. The van der Waals surface area contributed by atoms with Gasteiger partial charge in [0.25, 0.3) is 0 Å². The molecule has 24 heavy (non-hydrogen) atoms. The number of benzene rings is 2. The van der Waals surface area contributed by atoms with Crippen LogP contribution >= 0.6 is 0 Å². The summed E-state index contributed by atoms with van der Waals surface area (Å²) in [4.78, 5) is 0. The zero-order valence-electron chi connectivity index (χ0n) is 14.2. The fourth-order valence-electron chi connectivity index (χ4n) is 2.26. The maximum absolute atomic E-state index is 14.0. The third-order valence-electron chi connectivity index (χ3n) is 3.64. The van der Waals surface area contributed by atoms with Crippen molar-refractivity contribution < 1.29 is 13.5 Å². The van der Waals surface area contributed by atoms with Crippen LogP contribution in [0.3, 0.4) is 0 Å². The molecule has 0 unspecified atom stereocenters. The van der Waals surface area contributed by atoms with Gasteiger partial charge in [0.05, 0.1) is 12.2 Å². The molecule has 0 bridgehead atoms. The molecule has 0 amide bonds. The third kappa shape index (κ3) is 4.83. The molecule has 0 fully saturated rings. The molecule has 0 aliphatic carbocycles. The molecule has 0 saturated carbocycles. The number of hydrogen-bond donors (Lipinski definition) is 0. The minimum Gasteiger partial charge on any atom is -0.494 e. The maximum atomic E-state index is 14.0. The molecule has 0 atom stereocenters. The first kappa shape index (κ1) is 18.0. The number of aryl methyl sites for hydroxylation is 1. The van der Waals surface area contributed by atoms with Crippen LogP contribution in [0.25, 0.3) is 0 Å². The summed E-state index contributed by atoms with van der Waals surface area (Å²) in [5, 5.41) is 0. The van der Waals surface area contributed by atoms with Crippen LogP contribution < -0.4 is 4.74 Å². The van der Waals surface area contributed by atoms with E-state index in [-0.39, 0.29) is 5.56 Å². The summed E-state index contributed by atoms with van der Waals surface area (Å²) in [6.07, 6.45) is 3.40. The van der Waals surface area contributed by atoms with Gasteiger partial charge < -0.3 is 4.74 Å². The monoisotopic (exact) mass is 328 g/mol. The molecule has 0 aromatic heterocycles. The highest BCUT2D eigenvalue weighted by Crippen LogP contribution is 2.17. The molecule has 0 radical (unpaired) electrons. The van der Waals surface area contributed by atoms with Crippen LogP contribution in [0.15, 0.2) is 36.4 Å². The number of halogens is 2. The average molecular weight is 328 g/mol. The molecule has 0 saturated heterocycles. The van der Waals surface area contributed by atoms with Crippen LogP contribution in [0.4, 0.5) is 8.78 Å². The molecular weight excluding hydrogens is 306 g/mol. The van der Waals surface area contributed by atoms with E-state index in [0.29, 0.717) is 18.6 Å². The van der Waals surface area contributed by atoms with Crippen molar-refractivity contribution in [3.8, 4) is 17.6 Å². The highest BCUT2D eigenvalue weighted by Gasteiger charge is 2.11. The quantitative estimate of drug-likeness (QED) is 0.503. The van der Waals surface area contributed by atoms with Gasteiger partial charge in [0, 0.05) is 5.56 Å². The lowest BCUT2D eigenvalue weighted by Crippen LogP contribution is -1.97. The Morgan fingerprint density at radius 3 is 2.29 bits per heavy atom. The first-order valence-electron chi connectivity index (χ1n) is 8.37. The lowest BCUT2D eigenvalue weighted by molar-refractivity contribution is 0.309. The average Bonchev–Trinajstić information content (AvgIpc) is 2.60. The molecule has 0 aliphatic rings. The smallest absolute Gasteiger partial charge is 0.174 e. The molecule has 1 nitrogen and oxygen atoms in total. The first-order chi connectivity index (χ1) is 11.7. The van der Waals surface area contributed by atoms with E-state index in [0.717, 1.165) is 30.6 Å². The highest BCUT2D eigenvalue weighted by atomic mass is 19.2. The predicted molar refractivity (Wildman–Crippen MR) is 93.2 cm³/mol. The Morgan fingerprint density at radius 1 is 0.875 bits per heavy atom. The third-order valence-corrected chi connectivity index (χ3v) is 3.64. The number of rotatable bonds is 6. The summed E-state index contributed by atoms with van der Waals surface area (Å²) in [6, 6.07) is 10.4. The van der Waals surface area contributed by atoms with Gasteiger partial charge in [-0.3, -0.25) is 0 Å². The Bertz CT molecular complexity index is 724. The Morgan fingerprint density at radius 2 is 1.62 bits per heavy atom. The van der Waals surface area contributed by atoms with E-state index in [4.69, 9.17) is 4.74 Å². The first-order valence-corrected chi connectivity index (χ1v) is 8.37. The van der Waals surface area contributed by atoms with E-state index in [1.807, 2.05) is 31.2 Å². The standard InChI is InChI=1S/C21H22F2O/c1-3-5-15-24-19-13-8-16(9-14-19)7-10-18-12-11-17(6-4-2)20(22)21(18)23/h8-9,11-14H,3-6,15H2,1-2H3. The summed E-state index contributed by atoms with van der Waals surface area (Å²) < 4.78 is 33.5. The molecular formula is C21H22F2O. The summed E-state index contributed by atoms with van der Waals surface area (Å²) >= 11 is 0. The fourth-order valence-corrected chi connectivity index (χ4v) is 2.26. The van der Waals surface area contributed by atoms with E-state index >= 15 is 0 Å². The highest BCUT2D eigenvalue weighted by molar-refractivity contribution is 5.45. The van der Waals surface area contributed by atoms with Crippen LogP contribution in [0.5, 0.6) is 5.75 Å². The molecule has 2 aromatic carbocycles. The SMILES string of the molecule is CCCCOc1ccc(C#Cc2ccc(CCC)c(F)c2F)cc1. The number of ether oxygens (including phenoxy) is 1. The Kier molecular flexibility index (Phi) is 6.81. The van der Waals surface area contributed by atoms with Gasteiger partial charge >= 0.3 is 0 Å². The Hall–Kier alpha value is -2.34. The maximum Gasteiger partial charge on any atom is 0.174 e. The van der Waals surface area contributed by atoms with Gasteiger partial charge in [0.1, 0.15) is 5.75 Å². The summed E-state index contributed by atoms with van der Waals surface area (Å²) in [7, 11) is 0. The van der Waals surface area contributed by atoms with E-state index in [1.54, 1.807) is 12.1 Å². The van der Waals surface area contributed by atoms with Crippen molar-refractivity contribution in [3.05, 3.63) is 64.7 Å². The number of unbranched alkanes of at least 4 members (excludes halogenated alkanes) is 1. The molecule has 3 heteroatoms. The summed E-state index contributed by atoms with van der Waals surface area (Å²) in [5.74, 6) is 4.70. The van der Waals surface area contributed by atoms with Gasteiger partial charge in [-0.05, 0) is 48.7 Å². The van der Waals surface area contributed by atoms with Crippen molar-refractivity contribution in [2.75, 3.05) is 6.61 Å². The van der Waals surface area contributed by atoms with E-state index in [9.17, 15) is 8.78 Å². The summed E-state index contributed by atoms with van der Waals surface area (Å²) in [5.41, 5.74) is 1.21. The topological polar surface area (TPSA) is 9.23 Å². The molecule has 0 N–H and O–H groups in total. The van der Waals surface area contributed by atoms with Gasteiger partial charge in [-0.2, -0.15) is 0 Å². The molecule has 2 aromatic rings. The van der Waals surface area contributed by atoms with Gasteiger partial charge in [0.15, 0.2) is 11.6 Å². The largest absolute Gasteiger partial charge is 0.494 e. The van der Waals surface area contributed by atoms with Crippen LogP contribution in [0, 0.1) is 23.5 Å². The van der Waals surface area contributed by atoms with Crippen molar-refractivity contribution in [3.63, 3.8) is 0 Å². The van der Waals surface area contributed by atoms with E-state index in [1.165, 1.54) is 0 Å². The second-order valence-corrected chi connectivity index (χ2v) is 5.63. The van der Waals surface area contributed by atoms with Crippen LogP contribution in [-0.4, -0.2) is 6.61 Å². The van der Waals surface area contributed by atoms with Crippen LogP contribution in [-0.2, 0) is 6.42 Å². The molecule has 126 valence electrons. The van der Waals surface area contributed by atoms with Gasteiger partial charge in [-0.15, -0.1) is 0 Å². The Balaban J connectivity index is 2.11. The molecule has 0 heterocycles. The van der Waals surface area contributed by atoms with Crippen molar-refractivity contribution >= 4 is 0 Å². The molecule has 2 rings (SSSR count).